The van der Waals surface area contributed by atoms with E-state index in [1.807, 2.05) is 47.5 Å². The van der Waals surface area contributed by atoms with E-state index in [9.17, 15) is 0 Å². The van der Waals surface area contributed by atoms with Gasteiger partial charge in [-0.25, -0.2) is 0 Å². The van der Waals surface area contributed by atoms with Crippen LogP contribution in [-0.4, -0.2) is 43.3 Å². The van der Waals surface area contributed by atoms with E-state index in [0.29, 0.717) is 24.6 Å². The summed E-state index contributed by atoms with van der Waals surface area (Å²) in [6.07, 6.45) is 0. The molecule has 0 aliphatic rings. The Morgan fingerprint density at radius 2 is 2.04 bits per heavy atom. The molecule has 0 unspecified atom stereocenters. The molecular weight excluding hydrogens is 350 g/mol. The summed E-state index contributed by atoms with van der Waals surface area (Å²) in [5.41, 5.74) is 4.64. The van der Waals surface area contributed by atoms with E-state index < -0.39 is 0 Å². The van der Waals surface area contributed by atoms with Crippen molar-refractivity contribution in [2.24, 2.45) is 0 Å². The van der Waals surface area contributed by atoms with Crippen molar-refractivity contribution in [3.63, 3.8) is 0 Å². The van der Waals surface area contributed by atoms with Crippen LogP contribution < -0.4 is 5.32 Å². The maximum absolute atomic E-state index is 5.15. The van der Waals surface area contributed by atoms with Gasteiger partial charge in [-0.05, 0) is 37.4 Å². The van der Waals surface area contributed by atoms with Gasteiger partial charge in [0.1, 0.15) is 0 Å². The molecule has 0 radical (unpaired) electrons. The average molecular weight is 369 g/mol. The fourth-order valence-corrected chi connectivity index (χ4v) is 3.46. The fraction of sp³-hybridized carbons (Fsp3) is 0.294. The second kappa shape index (κ2) is 6.85. The first kappa shape index (κ1) is 16.7. The van der Waals surface area contributed by atoms with Gasteiger partial charge in [0.15, 0.2) is 17.3 Å². The lowest BCUT2D eigenvalue weighted by Crippen LogP contribution is -2.08. The number of aromatic nitrogens is 6. The van der Waals surface area contributed by atoms with Crippen LogP contribution in [0.3, 0.4) is 0 Å². The highest BCUT2D eigenvalue weighted by molar-refractivity contribution is 7.08. The van der Waals surface area contributed by atoms with Crippen molar-refractivity contribution < 1.29 is 4.74 Å². The van der Waals surface area contributed by atoms with Gasteiger partial charge in [0, 0.05) is 18.1 Å². The van der Waals surface area contributed by atoms with Crippen molar-refractivity contribution >= 4 is 28.5 Å². The van der Waals surface area contributed by atoms with Gasteiger partial charge in [0.25, 0.3) is 0 Å². The first-order chi connectivity index (χ1) is 12.7. The Kier molecular flexibility index (Phi) is 4.39. The van der Waals surface area contributed by atoms with Crippen molar-refractivity contribution in [2.45, 2.75) is 20.4 Å². The van der Waals surface area contributed by atoms with E-state index in [0.717, 1.165) is 28.5 Å². The number of anilines is 2. The predicted molar refractivity (Wildman–Crippen MR) is 101 cm³/mol. The third kappa shape index (κ3) is 2.95. The molecule has 0 bridgehead atoms. The zero-order valence-electron chi connectivity index (χ0n) is 14.8. The van der Waals surface area contributed by atoms with Crippen LogP contribution >= 0.6 is 11.3 Å². The SMILES string of the molecule is COCCn1nc(C)c(Nc2ccc3nnc(-c4ccsc4)n3n2)c1C. The zero-order valence-corrected chi connectivity index (χ0v) is 15.6. The molecule has 0 aromatic carbocycles. The molecule has 4 heterocycles. The molecule has 0 amide bonds. The third-order valence-electron chi connectivity index (χ3n) is 4.18. The van der Waals surface area contributed by atoms with Gasteiger partial charge >= 0.3 is 0 Å². The minimum Gasteiger partial charge on any atom is -0.383 e. The van der Waals surface area contributed by atoms with E-state index in [1.165, 1.54) is 0 Å². The van der Waals surface area contributed by atoms with Gasteiger partial charge in [0.2, 0.25) is 0 Å². The van der Waals surface area contributed by atoms with Crippen molar-refractivity contribution in [3.8, 4) is 11.4 Å². The standard InChI is InChI=1S/C17H19N7OS/c1-11-16(12(2)23(21-11)7-8-25-3)18-14-4-5-15-19-20-17(24(15)22-14)13-6-9-26-10-13/h4-6,9-10H,7-8H2,1-3H3,(H,18,22). The molecule has 0 saturated carbocycles. The number of hydrogen-bond donors (Lipinski definition) is 1. The number of nitrogens with one attached hydrogen (secondary N) is 1. The second-order valence-electron chi connectivity index (χ2n) is 5.91. The topological polar surface area (TPSA) is 82.2 Å². The summed E-state index contributed by atoms with van der Waals surface area (Å²) in [5.74, 6) is 1.44. The molecular formula is C17H19N7OS. The molecule has 0 aliphatic carbocycles. The van der Waals surface area contributed by atoms with Gasteiger partial charge < -0.3 is 10.1 Å². The van der Waals surface area contributed by atoms with Crippen LogP contribution in [0.5, 0.6) is 0 Å². The summed E-state index contributed by atoms with van der Waals surface area (Å²) in [6, 6.07) is 5.81. The van der Waals surface area contributed by atoms with E-state index in [4.69, 9.17) is 4.74 Å². The van der Waals surface area contributed by atoms with Crippen molar-refractivity contribution in [3.05, 3.63) is 40.3 Å². The summed E-state index contributed by atoms with van der Waals surface area (Å²) in [5, 5.41) is 25.1. The van der Waals surface area contributed by atoms with E-state index in [1.54, 1.807) is 23.0 Å². The third-order valence-corrected chi connectivity index (χ3v) is 4.87. The normalized spacial score (nSPS) is 11.3. The molecule has 4 aromatic heterocycles. The van der Waals surface area contributed by atoms with Gasteiger partial charge in [0.05, 0.1) is 30.2 Å². The fourth-order valence-electron chi connectivity index (χ4n) is 2.83. The monoisotopic (exact) mass is 369 g/mol. The lowest BCUT2D eigenvalue weighted by atomic mass is 10.3. The molecule has 0 fully saturated rings. The Hall–Kier alpha value is -2.78. The molecule has 8 nitrogen and oxygen atoms in total. The van der Waals surface area contributed by atoms with Crippen molar-refractivity contribution in [1.82, 2.24) is 29.6 Å². The molecule has 0 spiro atoms. The Bertz CT molecular complexity index is 1040. The van der Waals surface area contributed by atoms with Crippen molar-refractivity contribution in [2.75, 3.05) is 19.0 Å². The quantitative estimate of drug-likeness (QED) is 0.562. The van der Waals surface area contributed by atoms with Gasteiger partial charge in [-0.15, -0.1) is 15.3 Å². The lowest BCUT2D eigenvalue weighted by molar-refractivity contribution is 0.182. The van der Waals surface area contributed by atoms with Crippen LogP contribution in [0, 0.1) is 13.8 Å². The number of methoxy groups -OCH3 is 1. The number of rotatable bonds is 6. The van der Waals surface area contributed by atoms with Gasteiger partial charge in [-0.1, -0.05) is 0 Å². The van der Waals surface area contributed by atoms with Crippen LogP contribution in [0.2, 0.25) is 0 Å². The molecule has 134 valence electrons. The molecule has 26 heavy (non-hydrogen) atoms. The Morgan fingerprint density at radius 3 is 2.81 bits per heavy atom. The number of fused-ring (bicyclic) bond motifs is 1. The summed E-state index contributed by atoms with van der Waals surface area (Å²) < 4.78 is 8.84. The van der Waals surface area contributed by atoms with Crippen LogP contribution in [0.1, 0.15) is 11.4 Å². The molecule has 0 aliphatic heterocycles. The molecule has 0 saturated heterocycles. The zero-order chi connectivity index (χ0) is 18.1. The van der Waals surface area contributed by atoms with Crippen LogP contribution in [0.25, 0.3) is 17.0 Å². The molecule has 1 N–H and O–H groups in total. The highest BCUT2D eigenvalue weighted by atomic mass is 32.1. The number of ether oxygens (including phenoxy) is 1. The van der Waals surface area contributed by atoms with E-state index >= 15 is 0 Å². The largest absolute Gasteiger partial charge is 0.383 e. The minimum atomic E-state index is 0.621. The smallest absolute Gasteiger partial charge is 0.186 e. The van der Waals surface area contributed by atoms with Crippen molar-refractivity contribution in [1.29, 1.82) is 0 Å². The molecule has 4 rings (SSSR count). The molecule has 4 aromatic rings. The number of thiophene rings is 1. The Morgan fingerprint density at radius 1 is 1.15 bits per heavy atom. The Balaban J connectivity index is 1.68. The Labute approximate surface area is 154 Å². The van der Waals surface area contributed by atoms with Crippen LogP contribution in [0.4, 0.5) is 11.5 Å². The van der Waals surface area contributed by atoms with Gasteiger partial charge in [-0.3, -0.25) is 4.68 Å². The number of hydrogen-bond acceptors (Lipinski definition) is 7. The summed E-state index contributed by atoms with van der Waals surface area (Å²) in [7, 11) is 1.69. The number of aryl methyl sites for hydroxylation is 1. The summed E-state index contributed by atoms with van der Waals surface area (Å²) >= 11 is 1.62. The summed E-state index contributed by atoms with van der Waals surface area (Å²) in [6.45, 7) is 5.35. The minimum absolute atomic E-state index is 0.621. The van der Waals surface area contributed by atoms with Crippen LogP contribution in [0.15, 0.2) is 29.0 Å². The highest BCUT2D eigenvalue weighted by Crippen LogP contribution is 2.25. The first-order valence-electron chi connectivity index (χ1n) is 8.22. The second-order valence-corrected chi connectivity index (χ2v) is 6.69. The maximum atomic E-state index is 5.15. The maximum Gasteiger partial charge on any atom is 0.186 e. The average Bonchev–Trinajstić information content (AvgIpc) is 3.35. The summed E-state index contributed by atoms with van der Waals surface area (Å²) in [4.78, 5) is 0. The molecule has 9 heteroatoms. The number of nitrogens with zero attached hydrogens (tertiary/aromatic N) is 6. The first-order valence-corrected chi connectivity index (χ1v) is 9.16. The highest BCUT2D eigenvalue weighted by Gasteiger charge is 2.14. The van der Waals surface area contributed by atoms with E-state index in [-0.39, 0.29) is 0 Å². The van der Waals surface area contributed by atoms with Gasteiger partial charge in [-0.2, -0.15) is 21.0 Å². The predicted octanol–water partition coefficient (Wildman–Crippen LogP) is 3.06. The van der Waals surface area contributed by atoms with Crippen LogP contribution in [-0.2, 0) is 11.3 Å². The van der Waals surface area contributed by atoms with E-state index in [2.05, 4.69) is 25.7 Å². The molecule has 0 atom stereocenters. The lowest BCUT2D eigenvalue weighted by Gasteiger charge is -2.07.